The number of carbonyl (C=O) groups excluding carboxylic acids is 1. The Kier molecular flexibility index (Phi) is 5.59. The summed E-state index contributed by atoms with van der Waals surface area (Å²) in [6, 6.07) is 22.0. The zero-order valence-electron chi connectivity index (χ0n) is 17.6. The van der Waals surface area contributed by atoms with E-state index < -0.39 is 0 Å². The van der Waals surface area contributed by atoms with Gasteiger partial charge in [-0.25, -0.2) is 0 Å². The maximum Gasteiger partial charge on any atom is 0.237 e. The minimum atomic E-state index is 0.0340. The van der Waals surface area contributed by atoms with Crippen LogP contribution in [-0.4, -0.2) is 53.3 Å². The van der Waals surface area contributed by atoms with Crippen LogP contribution in [0.4, 0.5) is 0 Å². The summed E-state index contributed by atoms with van der Waals surface area (Å²) in [7, 11) is 0. The van der Waals surface area contributed by atoms with E-state index in [1.807, 2.05) is 0 Å². The van der Waals surface area contributed by atoms with Crippen molar-refractivity contribution in [2.75, 3.05) is 32.1 Å². The number of likely N-dealkylation sites (tertiary alicyclic amines) is 1. The molecule has 0 radical (unpaired) electrons. The smallest absolute Gasteiger partial charge is 0.237 e. The largest absolute Gasteiger partial charge is 0.339 e. The first-order valence-electron chi connectivity index (χ1n) is 11.4. The Morgan fingerprint density at radius 2 is 1.43 bits per heavy atom. The quantitative estimate of drug-likeness (QED) is 0.655. The summed E-state index contributed by atoms with van der Waals surface area (Å²) in [5.74, 6) is 1.50. The predicted molar refractivity (Wildman–Crippen MR) is 122 cm³/mol. The van der Waals surface area contributed by atoms with Gasteiger partial charge in [0.15, 0.2) is 0 Å². The number of hydrogen-bond donors (Lipinski definition) is 0. The Hall–Kier alpha value is -1.84. The fourth-order valence-corrected chi connectivity index (χ4v) is 6.67. The molecule has 4 fully saturated rings. The van der Waals surface area contributed by atoms with Crippen molar-refractivity contribution in [3.8, 4) is 0 Å². The Bertz CT molecular complexity index is 816. The normalized spacial score (nSPS) is 31.6. The summed E-state index contributed by atoms with van der Waals surface area (Å²) in [6.07, 6.45) is 4.80. The lowest BCUT2D eigenvalue weighted by Gasteiger charge is -2.50. The number of fused-ring (bicyclic) bond motifs is 4. The third-order valence-corrected chi connectivity index (χ3v) is 8.08. The average Bonchev–Trinajstić information content (AvgIpc) is 3.24. The Balaban J connectivity index is 1.63. The molecular formula is C26H31ClN2O. The highest BCUT2D eigenvalue weighted by Gasteiger charge is 2.54. The molecule has 6 rings (SSSR count). The number of rotatable bonds is 4. The van der Waals surface area contributed by atoms with Crippen LogP contribution < -0.4 is 0 Å². The van der Waals surface area contributed by atoms with Gasteiger partial charge in [0.05, 0.1) is 0 Å². The second kappa shape index (κ2) is 8.36. The average molecular weight is 423 g/mol. The van der Waals surface area contributed by atoms with Gasteiger partial charge >= 0.3 is 0 Å². The van der Waals surface area contributed by atoms with Crippen LogP contribution in [0.3, 0.4) is 0 Å². The lowest BCUT2D eigenvalue weighted by molar-refractivity contribution is -0.130. The first kappa shape index (κ1) is 20.1. The number of amides is 1. The highest BCUT2D eigenvalue weighted by molar-refractivity contribution is 6.27. The van der Waals surface area contributed by atoms with Gasteiger partial charge in [-0.05, 0) is 67.7 Å². The second-order valence-corrected chi connectivity index (χ2v) is 9.70. The van der Waals surface area contributed by atoms with Crippen LogP contribution in [-0.2, 0) is 4.79 Å². The van der Waals surface area contributed by atoms with E-state index in [4.69, 9.17) is 11.6 Å². The van der Waals surface area contributed by atoms with Crippen molar-refractivity contribution >= 4 is 17.5 Å². The fraction of sp³-hybridized carbons (Fsp3) is 0.500. The lowest BCUT2D eigenvalue weighted by atomic mass is 9.61. The molecule has 3 saturated heterocycles. The molecule has 1 aliphatic carbocycles. The van der Waals surface area contributed by atoms with Gasteiger partial charge in [0, 0.05) is 18.6 Å². The van der Waals surface area contributed by atoms with Crippen LogP contribution in [0.15, 0.2) is 60.7 Å². The Labute approximate surface area is 185 Å². The number of hydrogen-bond acceptors (Lipinski definition) is 2. The number of carbonyl (C=O) groups is 1. The summed E-state index contributed by atoms with van der Waals surface area (Å²) >= 11 is 6.06. The maximum absolute atomic E-state index is 12.9. The first-order valence-corrected chi connectivity index (χ1v) is 11.9. The van der Waals surface area contributed by atoms with Crippen molar-refractivity contribution in [3.05, 3.63) is 71.8 Å². The van der Waals surface area contributed by atoms with E-state index in [1.165, 1.54) is 24.0 Å². The molecule has 0 aromatic heterocycles. The molecule has 2 atom stereocenters. The van der Waals surface area contributed by atoms with E-state index >= 15 is 0 Å². The summed E-state index contributed by atoms with van der Waals surface area (Å²) < 4.78 is 0. The first-order chi connectivity index (χ1) is 14.7. The van der Waals surface area contributed by atoms with Crippen LogP contribution >= 0.6 is 11.6 Å². The molecule has 3 heterocycles. The topological polar surface area (TPSA) is 23.6 Å². The predicted octanol–water partition coefficient (Wildman–Crippen LogP) is 4.88. The van der Waals surface area contributed by atoms with E-state index in [1.54, 1.807) is 0 Å². The molecule has 2 aromatic rings. The number of benzene rings is 2. The zero-order chi connectivity index (χ0) is 20.6. The minimum absolute atomic E-state index is 0.0340. The molecule has 30 heavy (non-hydrogen) atoms. The highest BCUT2D eigenvalue weighted by atomic mass is 35.5. The van der Waals surface area contributed by atoms with Crippen molar-refractivity contribution < 1.29 is 4.79 Å². The van der Waals surface area contributed by atoms with Gasteiger partial charge in [0.1, 0.15) is 5.88 Å². The molecule has 0 N–H and O–H groups in total. The van der Waals surface area contributed by atoms with Gasteiger partial charge in [0.25, 0.3) is 0 Å². The van der Waals surface area contributed by atoms with Gasteiger partial charge in [-0.3, -0.25) is 9.69 Å². The van der Waals surface area contributed by atoms with Gasteiger partial charge in [0.2, 0.25) is 5.91 Å². The molecule has 0 spiro atoms. The molecule has 1 amide bonds. The van der Waals surface area contributed by atoms with Crippen LogP contribution in [0.2, 0.25) is 0 Å². The number of alkyl halides is 1. The second-order valence-electron chi connectivity index (χ2n) is 9.43. The SMILES string of the molecule is O=C(CCl)N1CC2C(c3ccccc3)CC(N3CCCC3)(CC2c2ccccc2)C1. The number of nitrogens with zero attached hydrogens (tertiary/aromatic N) is 2. The van der Waals surface area contributed by atoms with Crippen molar-refractivity contribution in [2.24, 2.45) is 5.92 Å². The summed E-state index contributed by atoms with van der Waals surface area (Å²) in [5.41, 5.74) is 2.88. The standard InChI is InChI=1S/C26H31ClN2O/c27-17-25(30)28-18-24-22(20-9-3-1-4-10-20)15-26(19-28,29-13-7-8-14-29)16-23(24)21-11-5-2-6-12-21/h1-6,9-12,22-24H,7-8,13-19H2. The third-order valence-electron chi connectivity index (χ3n) is 7.85. The van der Waals surface area contributed by atoms with Crippen molar-refractivity contribution in [1.29, 1.82) is 0 Å². The van der Waals surface area contributed by atoms with E-state index in [-0.39, 0.29) is 17.3 Å². The van der Waals surface area contributed by atoms with Gasteiger partial charge in [-0.1, -0.05) is 60.7 Å². The number of halogens is 1. The summed E-state index contributed by atoms with van der Waals surface area (Å²) in [6.45, 7) is 3.93. The van der Waals surface area contributed by atoms with E-state index in [0.717, 1.165) is 39.0 Å². The minimum Gasteiger partial charge on any atom is -0.339 e. The van der Waals surface area contributed by atoms with Crippen LogP contribution in [0, 0.1) is 5.92 Å². The van der Waals surface area contributed by atoms with Crippen LogP contribution in [0.25, 0.3) is 0 Å². The monoisotopic (exact) mass is 422 g/mol. The van der Waals surface area contributed by atoms with Gasteiger partial charge in [-0.2, -0.15) is 0 Å². The Morgan fingerprint density at radius 3 is 1.93 bits per heavy atom. The van der Waals surface area contributed by atoms with Gasteiger partial charge < -0.3 is 4.90 Å². The van der Waals surface area contributed by atoms with Crippen molar-refractivity contribution in [3.63, 3.8) is 0 Å². The van der Waals surface area contributed by atoms with Gasteiger partial charge in [-0.15, -0.1) is 11.6 Å². The molecule has 4 heteroatoms. The maximum atomic E-state index is 12.9. The highest BCUT2D eigenvalue weighted by Crippen LogP contribution is 2.55. The van der Waals surface area contributed by atoms with Crippen LogP contribution in [0.5, 0.6) is 0 Å². The lowest BCUT2D eigenvalue weighted by Crippen LogP contribution is -2.56. The zero-order valence-corrected chi connectivity index (χ0v) is 18.3. The Morgan fingerprint density at radius 1 is 0.900 bits per heavy atom. The molecular weight excluding hydrogens is 392 g/mol. The summed E-state index contributed by atoms with van der Waals surface area (Å²) in [4.78, 5) is 17.7. The van der Waals surface area contributed by atoms with E-state index in [2.05, 4.69) is 70.5 Å². The van der Waals surface area contributed by atoms with E-state index in [9.17, 15) is 4.79 Å². The van der Waals surface area contributed by atoms with E-state index in [0.29, 0.717) is 17.8 Å². The molecule has 2 aromatic carbocycles. The molecule has 1 saturated carbocycles. The fourth-order valence-electron chi connectivity index (χ4n) is 6.50. The van der Waals surface area contributed by atoms with Crippen LogP contribution in [0.1, 0.15) is 48.6 Å². The molecule has 158 valence electrons. The molecule has 2 unspecified atom stereocenters. The third kappa shape index (κ3) is 3.56. The molecule has 4 aliphatic rings. The molecule has 3 aliphatic heterocycles. The molecule has 2 bridgehead atoms. The summed E-state index contributed by atoms with van der Waals surface area (Å²) in [5, 5.41) is 0. The molecule has 3 nitrogen and oxygen atoms in total. The van der Waals surface area contributed by atoms with Crippen molar-refractivity contribution in [1.82, 2.24) is 9.80 Å². The van der Waals surface area contributed by atoms with Crippen molar-refractivity contribution in [2.45, 2.75) is 43.1 Å².